The first-order valence-electron chi connectivity index (χ1n) is 6.13. The molecular formula is C12H27NO. The quantitative estimate of drug-likeness (QED) is 0.430. The maximum atomic E-state index is 5.02. The highest BCUT2D eigenvalue weighted by Crippen LogP contribution is 2.10. The van der Waals surface area contributed by atoms with Gasteiger partial charge in [-0.3, -0.25) is 0 Å². The molecule has 0 rings (SSSR count). The molecule has 1 N–H and O–H groups in total. The van der Waals surface area contributed by atoms with Crippen molar-refractivity contribution in [2.75, 3.05) is 7.11 Å². The zero-order valence-electron chi connectivity index (χ0n) is 10.1. The Labute approximate surface area is 89.4 Å². The molecular weight excluding hydrogens is 174 g/mol. The highest BCUT2D eigenvalue weighted by molar-refractivity contribution is 4.62. The van der Waals surface area contributed by atoms with Crippen LogP contribution in [0.1, 0.15) is 65.2 Å². The van der Waals surface area contributed by atoms with Gasteiger partial charge < -0.3 is 4.84 Å². The molecule has 2 nitrogen and oxygen atoms in total. The van der Waals surface area contributed by atoms with E-state index in [1.807, 2.05) is 0 Å². The normalized spacial score (nSPS) is 11.1. The molecule has 0 heterocycles. The first-order chi connectivity index (χ1) is 6.85. The predicted octanol–water partition coefficient (Wildman–Crippen LogP) is 3.67. The molecule has 0 bridgehead atoms. The lowest BCUT2D eigenvalue weighted by molar-refractivity contribution is 0.0537. The molecule has 0 saturated heterocycles. The summed E-state index contributed by atoms with van der Waals surface area (Å²) < 4.78 is 0. The van der Waals surface area contributed by atoms with E-state index < -0.39 is 0 Å². The molecule has 0 spiro atoms. The third-order valence-corrected chi connectivity index (χ3v) is 2.60. The van der Waals surface area contributed by atoms with Crippen LogP contribution in [-0.4, -0.2) is 13.2 Å². The lowest BCUT2D eigenvalue weighted by Crippen LogP contribution is -2.27. The minimum atomic E-state index is 0.568. The van der Waals surface area contributed by atoms with Crippen molar-refractivity contribution in [1.29, 1.82) is 0 Å². The summed E-state index contributed by atoms with van der Waals surface area (Å²) in [6, 6.07) is 0.568. The lowest BCUT2D eigenvalue weighted by atomic mass is 10.0. The van der Waals surface area contributed by atoms with Crippen LogP contribution in [0.4, 0.5) is 0 Å². The van der Waals surface area contributed by atoms with Gasteiger partial charge in [-0.2, -0.15) is 5.48 Å². The van der Waals surface area contributed by atoms with Gasteiger partial charge in [0, 0.05) is 6.04 Å². The number of hydrogen-bond acceptors (Lipinski definition) is 2. The first kappa shape index (κ1) is 13.9. The summed E-state index contributed by atoms with van der Waals surface area (Å²) in [7, 11) is 1.71. The van der Waals surface area contributed by atoms with Gasteiger partial charge in [0.05, 0.1) is 7.11 Å². The summed E-state index contributed by atoms with van der Waals surface area (Å²) in [5.74, 6) is 0. The second-order valence-corrected chi connectivity index (χ2v) is 4.01. The minimum Gasteiger partial charge on any atom is -0.305 e. The summed E-state index contributed by atoms with van der Waals surface area (Å²) in [5.41, 5.74) is 3.10. The predicted molar refractivity (Wildman–Crippen MR) is 62.2 cm³/mol. The molecule has 0 fully saturated rings. The molecule has 0 aromatic carbocycles. The molecule has 0 saturated carbocycles. The largest absolute Gasteiger partial charge is 0.305 e. The van der Waals surface area contributed by atoms with Crippen LogP contribution < -0.4 is 5.48 Å². The highest BCUT2D eigenvalue weighted by atomic mass is 16.6. The smallest absolute Gasteiger partial charge is 0.0572 e. The maximum Gasteiger partial charge on any atom is 0.0572 e. The molecule has 0 amide bonds. The van der Waals surface area contributed by atoms with E-state index >= 15 is 0 Å². The Bertz CT molecular complexity index is 96.5. The Morgan fingerprint density at radius 3 is 1.79 bits per heavy atom. The van der Waals surface area contributed by atoms with Gasteiger partial charge in [-0.1, -0.05) is 52.4 Å². The number of hydroxylamine groups is 1. The Morgan fingerprint density at radius 1 is 0.929 bits per heavy atom. The molecule has 0 aliphatic carbocycles. The fourth-order valence-corrected chi connectivity index (χ4v) is 1.71. The minimum absolute atomic E-state index is 0.568. The van der Waals surface area contributed by atoms with Crippen LogP contribution in [0.25, 0.3) is 0 Å². The van der Waals surface area contributed by atoms with E-state index in [0.717, 1.165) is 0 Å². The van der Waals surface area contributed by atoms with E-state index in [1.165, 1.54) is 51.4 Å². The monoisotopic (exact) mass is 201 g/mol. The molecule has 14 heavy (non-hydrogen) atoms. The SMILES string of the molecule is CCCCCC(CCCCC)NOC. The van der Waals surface area contributed by atoms with Crippen molar-refractivity contribution in [1.82, 2.24) is 5.48 Å². The average Bonchev–Trinajstić information content (AvgIpc) is 2.18. The van der Waals surface area contributed by atoms with Crippen LogP contribution in [-0.2, 0) is 4.84 Å². The van der Waals surface area contributed by atoms with Crippen molar-refractivity contribution in [3.8, 4) is 0 Å². The van der Waals surface area contributed by atoms with E-state index in [1.54, 1.807) is 7.11 Å². The van der Waals surface area contributed by atoms with Crippen LogP contribution >= 0.6 is 0 Å². The Balaban J connectivity index is 3.44. The van der Waals surface area contributed by atoms with Crippen LogP contribution in [0.2, 0.25) is 0 Å². The highest BCUT2D eigenvalue weighted by Gasteiger charge is 2.06. The topological polar surface area (TPSA) is 21.3 Å². The first-order valence-corrected chi connectivity index (χ1v) is 6.13. The third kappa shape index (κ3) is 8.52. The number of rotatable bonds is 10. The van der Waals surface area contributed by atoms with E-state index in [-0.39, 0.29) is 0 Å². The van der Waals surface area contributed by atoms with Gasteiger partial charge in [0.25, 0.3) is 0 Å². The zero-order chi connectivity index (χ0) is 10.6. The van der Waals surface area contributed by atoms with E-state index in [2.05, 4.69) is 19.3 Å². The fourth-order valence-electron chi connectivity index (χ4n) is 1.71. The van der Waals surface area contributed by atoms with Gasteiger partial charge in [0.2, 0.25) is 0 Å². The van der Waals surface area contributed by atoms with Crippen molar-refractivity contribution >= 4 is 0 Å². The van der Waals surface area contributed by atoms with Crippen LogP contribution in [0, 0.1) is 0 Å². The van der Waals surface area contributed by atoms with Crippen molar-refractivity contribution in [3.63, 3.8) is 0 Å². The summed E-state index contributed by atoms with van der Waals surface area (Å²) in [6.07, 6.45) is 10.4. The maximum absolute atomic E-state index is 5.02. The number of unbranched alkanes of at least 4 members (excludes halogenated alkanes) is 4. The zero-order valence-corrected chi connectivity index (χ0v) is 10.1. The molecule has 0 aliphatic heterocycles. The van der Waals surface area contributed by atoms with Gasteiger partial charge >= 0.3 is 0 Å². The molecule has 2 heteroatoms. The fraction of sp³-hybridized carbons (Fsp3) is 1.00. The van der Waals surface area contributed by atoms with Gasteiger partial charge in [-0.25, -0.2) is 0 Å². The lowest BCUT2D eigenvalue weighted by Gasteiger charge is -2.16. The second kappa shape index (κ2) is 11.0. The molecule has 0 radical (unpaired) electrons. The van der Waals surface area contributed by atoms with Crippen molar-refractivity contribution < 1.29 is 4.84 Å². The molecule has 0 atom stereocenters. The van der Waals surface area contributed by atoms with Crippen LogP contribution in [0.15, 0.2) is 0 Å². The Morgan fingerprint density at radius 2 is 1.43 bits per heavy atom. The summed E-state index contributed by atoms with van der Waals surface area (Å²) >= 11 is 0. The van der Waals surface area contributed by atoms with Gasteiger partial charge in [-0.05, 0) is 12.8 Å². The number of hydrogen-bond donors (Lipinski definition) is 1. The van der Waals surface area contributed by atoms with Gasteiger partial charge in [0.15, 0.2) is 0 Å². The van der Waals surface area contributed by atoms with Crippen LogP contribution in [0.5, 0.6) is 0 Å². The second-order valence-electron chi connectivity index (χ2n) is 4.01. The molecule has 0 unspecified atom stereocenters. The van der Waals surface area contributed by atoms with Crippen molar-refractivity contribution in [3.05, 3.63) is 0 Å². The average molecular weight is 201 g/mol. The van der Waals surface area contributed by atoms with Crippen LogP contribution in [0.3, 0.4) is 0 Å². The van der Waals surface area contributed by atoms with Gasteiger partial charge in [0.1, 0.15) is 0 Å². The Hall–Kier alpha value is -0.0800. The summed E-state index contributed by atoms with van der Waals surface area (Å²) in [4.78, 5) is 5.02. The number of nitrogens with one attached hydrogen (secondary N) is 1. The van der Waals surface area contributed by atoms with Gasteiger partial charge in [-0.15, -0.1) is 0 Å². The van der Waals surface area contributed by atoms with Crippen molar-refractivity contribution in [2.24, 2.45) is 0 Å². The summed E-state index contributed by atoms with van der Waals surface area (Å²) in [6.45, 7) is 4.49. The van der Waals surface area contributed by atoms with Crippen molar-refractivity contribution in [2.45, 2.75) is 71.3 Å². The van der Waals surface area contributed by atoms with E-state index in [0.29, 0.717) is 6.04 Å². The van der Waals surface area contributed by atoms with E-state index in [4.69, 9.17) is 4.84 Å². The third-order valence-electron chi connectivity index (χ3n) is 2.60. The molecule has 0 aromatic rings. The molecule has 0 aromatic heterocycles. The summed E-state index contributed by atoms with van der Waals surface area (Å²) in [5, 5.41) is 0. The standard InChI is InChI=1S/C12H27NO/c1-4-6-8-10-12(13-14-3)11-9-7-5-2/h12-13H,4-11H2,1-3H3. The van der Waals surface area contributed by atoms with E-state index in [9.17, 15) is 0 Å². The molecule has 86 valence electrons. The Kier molecular flexibility index (Phi) is 10.9. The molecule has 0 aliphatic rings.